The molecule has 1 N–H and O–H groups in total. The molecule has 2 aliphatic rings. The van der Waals surface area contributed by atoms with Gasteiger partial charge >= 0.3 is 0 Å². The molecule has 0 bridgehead atoms. The Labute approximate surface area is 111 Å². The number of aryl methyl sites for hydroxylation is 1. The number of hydrogen-bond donors (Lipinski definition) is 1. The standard InChI is InChI=1S/C14H17FN2O2/c1-9-6-10(2-3-11(9)15)14(18)17-4-5-19-13-8-16-7-12(13)17/h2-3,6,12-13,16H,4-5,7-8H2,1H3/t12-,13+/m1/s1. The Bertz CT molecular complexity index is 506. The lowest BCUT2D eigenvalue weighted by Gasteiger charge is -2.37. The van der Waals surface area contributed by atoms with Gasteiger partial charge in [0.15, 0.2) is 0 Å². The third kappa shape index (κ3) is 2.24. The highest BCUT2D eigenvalue weighted by Crippen LogP contribution is 2.21. The molecule has 3 rings (SSSR count). The van der Waals surface area contributed by atoms with E-state index in [2.05, 4.69) is 5.32 Å². The molecule has 1 aromatic rings. The van der Waals surface area contributed by atoms with Crippen LogP contribution in [0.3, 0.4) is 0 Å². The van der Waals surface area contributed by atoms with Crippen molar-refractivity contribution in [3.8, 4) is 0 Å². The number of benzene rings is 1. The molecule has 5 heteroatoms. The van der Waals surface area contributed by atoms with Gasteiger partial charge in [0.25, 0.3) is 5.91 Å². The lowest BCUT2D eigenvalue weighted by molar-refractivity contribution is -0.0364. The van der Waals surface area contributed by atoms with Crippen LogP contribution in [0.1, 0.15) is 15.9 Å². The van der Waals surface area contributed by atoms with Crippen LogP contribution in [-0.4, -0.2) is 49.2 Å². The normalized spacial score (nSPS) is 26.3. The summed E-state index contributed by atoms with van der Waals surface area (Å²) in [6.45, 7) is 4.38. The summed E-state index contributed by atoms with van der Waals surface area (Å²) >= 11 is 0. The molecule has 1 amide bonds. The molecule has 0 aromatic heterocycles. The van der Waals surface area contributed by atoms with Crippen molar-refractivity contribution in [2.45, 2.75) is 19.1 Å². The first-order valence-corrected chi connectivity index (χ1v) is 6.56. The highest BCUT2D eigenvalue weighted by Gasteiger charge is 2.38. The third-order valence-electron chi connectivity index (χ3n) is 3.86. The molecule has 2 atom stereocenters. The summed E-state index contributed by atoms with van der Waals surface area (Å²) in [5, 5.41) is 3.24. The Morgan fingerprint density at radius 1 is 1.47 bits per heavy atom. The first-order valence-electron chi connectivity index (χ1n) is 6.56. The Balaban J connectivity index is 1.84. The van der Waals surface area contributed by atoms with Crippen LogP contribution in [0.25, 0.3) is 0 Å². The van der Waals surface area contributed by atoms with Crippen LogP contribution < -0.4 is 5.32 Å². The summed E-state index contributed by atoms with van der Waals surface area (Å²) in [7, 11) is 0. The summed E-state index contributed by atoms with van der Waals surface area (Å²) in [5.74, 6) is -0.316. The molecule has 1 aromatic carbocycles. The quantitative estimate of drug-likeness (QED) is 0.821. The number of nitrogens with one attached hydrogen (secondary N) is 1. The fourth-order valence-corrected chi connectivity index (χ4v) is 2.79. The zero-order valence-electron chi connectivity index (χ0n) is 10.9. The molecule has 0 spiro atoms. The number of ether oxygens (including phenoxy) is 1. The zero-order chi connectivity index (χ0) is 13.4. The summed E-state index contributed by atoms with van der Waals surface area (Å²) in [5.41, 5.74) is 1.05. The van der Waals surface area contributed by atoms with E-state index in [0.29, 0.717) is 24.3 Å². The minimum atomic E-state index is -0.279. The average molecular weight is 264 g/mol. The number of fused-ring (bicyclic) bond motifs is 1. The van der Waals surface area contributed by atoms with Gasteiger partial charge in [-0.1, -0.05) is 0 Å². The van der Waals surface area contributed by atoms with Gasteiger partial charge in [-0.25, -0.2) is 4.39 Å². The minimum Gasteiger partial charge on any atom is -0.373 e. The molecular weight excluding hydrogens is 247 g/mol. The molecule has 0 saturated carbocycles. The molecule has 0 radical (unpaired) electrons. The van der Waals surface area contributed by atoms with Gasteiger partial charge in [0, 0.05) is 25.2 Å². The van der Waals surface area contributed by atoms with Crippen LogP contribution in [0.5, 0.6) is 0 Å². The van der Waals surface area contributed by atoms with Crippen molar-refractivity contribution in [2.75, 3.05) is 26.2 Å². The van der Waals surface area contributed by atoms with Crippen molar-refractivity contribution >= 4 is 5.91 Å². The predicted octanol–water partition coefficient (Wildman–Crippen LogP) is 0.947. The lowest BCUT2D eigenvalue weighted by Crippen LogP contribution is -2.53. The van der Waals surface area contributed by atoms with Gasteiger partial charge in [-0.3, -0.25) is 4.79 Å². The Kier molecular flexibility index (Phi) is 3.24. The summed E-state index contributed by atoms with van der Waals surface area (Å²) in [6, 6.07) is 4.61. The van der Waals surface area contributed by atoms with Crippen LogP contribution in [-0.2, 0) is 4.74 Å². The lowest BCUT2D eigenvalue weighted by atomic mass is 10.1. The second-order valence-corrected chi connectivity index (χ2v) is 5.10. The SMILES string of the molecule is Cc1cc(C(=O)N2CCO[C@H]3CNC[C@H]32)ccc1F. The topological polar surface area (TPSA) is 41.6 Å². The number of amides is 1. The predicted molar refractivity (Wildman–Crippen MR) is 68.6 cm³/mol. The van der Waals surface area contributed by atoms with Gasteiger partial charge in [0.05, 0.1) is 18.8 Å². The Hall–Kier alpha value is -1.46. The highest BCUT2D eigenvalue weighted by atomic mass is 19.1. The second kappa shape index (κ2) is 4.90. The molecule has 2 aliphatic heterocycles. The average Bonchev–Trinajstić information content (AvgIpc) is 2.89. The van der Waals surface area contributed by atoms with E-state index in [4.69, 9.17) is 4.74 Å². The maximum absolute atomic E-state index is 13.3. The summed E-state index contributed by atoms with van der Waals surface area (Å²) in [6.07, 6.45) is 0.0826. The Morgan fingerprint density at radius 3 is 3.11 bits per heavy atom. The maximum Gasteiger partial charge on any atom is 0.254 e. The van der Waals surface area contributed by atoms with Crippen molar-refractivity contribution in [3.63, 3.8) is 0 Å². The molecular formula is C14H17FN2O2. The van der Waals surface area contributed by atoms with Crippen molar-refractivity contribution in [1.29, 1.82) is 0 Å². The first kappa shape index (κ1) is 12.6. The molecule has 2 heterocycles. The van der Waals surface area contributed by atoms with Crippen LogP contribution in [0, 0.1) is 12.7 Å². The summed E-state index contributed by atoms with van der Waals surface area (Å²) in [4.78, 5) is 14.4. The van der Waals surface area contributed by atoms with Crippen LogP contribution in [0.15, 0.2) is 18.2 Å². The largest absolute Gasteiger partial charge is 0.373 e. The molecule has 0 unspecified atom stereocenters. The molecule has 19 heavy (non-hydrogen) atoms. The number of nitrogens with zero attached hydrogens (tertiary/aromatic N) is 1. The van der Waals surface area contributed by atoms with Gasteiger partial charge in [0.2, 0.25) is 0 Å². The Morgan fingerprint density at radius 2 is 2.32 bits per heavy atom. The van der Waals surface area contributed by atoms with Crippen molar-refractivity contribution in [3.05, 3.63) is 35.1 Å². The molecule has 2 saturated heterocycles. The monoisotopic (exact) mass is 264 g/mol. The number of carbonyl (C=O) groups is 1. The van der Waals surface area contributed by atoms with Gasteiger partial charge in [0.1, 0.15) is 5.82 Å². The van der Waals surface area contributed by atoms with E-state index in [1.54, 1.807) is 19.1 Å². The van der Waals surface area contributed by atoms with E-state index in [9.17, 15) is 9.18 Å². The number of carbonyl (C=O) groups excluding carboxylic acids is 1. The van der Waals surface area contributed by atoms with Crippen LogP contribution in [0.4, 0.5) is 4.39 Å². The second-order valence-electron chi connectivity index (χ2n) is 5.10. The van der Waals surface area contributed by atoms with Gasteiger partial charge < -0.3 is 15.0 Å². The number of rotatable bonds is 1. The molecule has 0 aliphatic carbocycles. The van der Waals surface area contributed by atoms with Crippen LogP contribution in [0.2, 0.25) is 0 Å². The molecule has 4 nitrogen and oxygen atoms in total. The first-order chi connectivity index (χ1) is 9.16. The van der Waals surface area contributed by atoms with Gasteiger partial charge in [-0.2, -0.15) is 0 Å². The number of morpholine rings is 1. The summed E-state index contributed by atoms with van der Waals surface area (Å²) < 4.78 is 18.9. The molecule has 102 valence electrons. The third-order valence-corrected chi connectivity index (χ3v) is 3.86. The highest BCUT2D eigenvalue weighted by molar-refractivity contribution is 5.94. The van der Waals surface area contributed by atoms with E-state index in [0.717, 1.165) is 13.1 Å². The number of hydrogen-bond acceptors (Lipinski definition) is 3. The van der Waals surface area contributed by atoms with Gasteiger partial charge in [-0.15, -0.1) is 0 Å². The van der Waals surface area contributed by atoms with Crippen molar-refractivity contribution < 1.29 is 13.9 Å². The van der Waals surface area contributed by atoms with E-state index in [-0.39, 0.29) is 23.9 Å². The van der Waals surface area contributed by atoms with E-state index < -0.39 is 0 Å². The molecule has 2 fully saturated rings. The van der Waals surface area contributed by atoms with E-state index in [1.807, 2.05) is 4.90 Å². The maximum atomic E-state index is 13.3. The minimum absolute atomic E-state index is 0.0369. The van der Waals surface area contributed by atoms with Crippen LogP contribution >= 0.6 is 0 Å². The van der Waals surface area contributed by atoms with Crippen molar-refractivity contribution in [2.24, 2.45) is 0 Å². The number of halogens is 1. The fourth-order valence-electron chi connectivity index (χ4n) is 2.79. The van der Waals surface area contributed by atoms with Crippen molar-refractivity contribution in [1.82, 2.24) is 10.2 Å². The zero-order valence-corrected chi connectivity index (χ0v) is 10.9. The fraction of sp³-hybridized carbons (Fsp3) is 0.500. The van der Waals surface area contributed by atoms with Gasteiger partial charge in [-0.05, 0) is 30.7 Å². The van der Waals surface area contributed by atoms with E-state index >= 15 is 0 Å². The smallest absolute Gasteiger partial charge is 0.254 e. The van der Waals surface area contributed by atoms with E-state index in [1.165, 1.54) is 6.07 Å².